The highest BCUT2D eigenvalue weighted by atomic mass is 16.5. The molecule has 3 rings (SSSR count). The van der Waals surface area contributed by atoms with E-state index in [0.717, 1.165) is 37.9 Å². The van der Waals surface area contributed by atoms with Gasteiger partial charge in [-0.05, 0) is 52.3 Å². The van der Waals surface area contributed by atoms with E-state index in [2.05, 4.69) is 40.3 Å². The van der Waals surface area contributed by atoms with E-state index in [1.54, 1.807) is 0 Å². The van der Waals surface area contributed by atoms with Crippen LogP contribution in [-0.4, -0.2) is 40.1 Å². The lowest BCUT2D eigenvalue weighted by molar-refractivity contribution is -0.127. The average molecular weight is 356 g/mol. The Balaban J connectivity index is 1.51. The second-order valence-electron chi connectivity index (χ2n) is 7.25. The van der Waals surface area contributed by atoms with E-state index >= 15 is 0 Å². The van der Waals surface area contributed by atoms with E-state index in [0.29, 0.717) is 18.3 Å². The number of carbonyl (C=O) groups excluding carboxylic acids is 1. The number of benzene rings is 1. The van der Waals surface area contributed by atoms with E-state index in [1.807, 2.05) is 25.1 Å². The first-order chi connectivity index (χ1) is 12.5. The SMILES string of the molecule is CCC(C)NC(=O)C1CCN(Cc2nc(-c3cccc(C)c3)no2)CC1. The number of nitrogens with one attached hydrogen (secondary N) is 1. The average Bonchev–Trinajstić information content (AvgIpc) is 3.10. The molecule has 1 saturated heterocycles. The number of hydrogen-bond donors (Lipinski definition) is 1. The highest BCUT2D eigenvalue weighted by Gasteiger charge is 2.26. The fraction of sp³-hybridized carbons (Fsp3) is 0.550. The van der Waals surface area contributed by atoms with Gasteiger partial charge in [0.05, 0.1) is 6.54 Å². The number of likely N-dealkylation sites (tertiary alicyclic amines) is 1. The second kappa shape index (κ2) is 8.45. The Bertz CT molecular complexity index is 735. The molecule has 1 amide bonds. The number of carbonyl (C=O) groups is 1. The third-order valence-electron chi connectivity index (χ3n) is 5.06. The first kappa shape index (κ1) is 18.6. The summed E-state index contributed by atoms with van der Waals surface area (Å²) in [5.41, 5.74) is 2.15. The molecule has 1 N–H and O–H groups in total. The summed E-state index contributed by atoms with van der Waals surface area (Å²) in [7, 11) is 0. The molecular weight excluding hydrogens is 328 g/mol. The third-order valence-corrected chi connectivity index (χ3v) is 5.06. The fourth-order valence-corrected chi connectivity index (χ4v) is 3.23. The minimum Gasteiger partial charge on any atom is -0.353 e. The molecule has 0 radical (unpaired) electrons. The van der Waals surface area contributed by atoms with Gasteiger partial charge in [0.2, 0.25) is 17.6 Å². The molecular formula is C20H28N4O2. The van der Waals surface area contributed by atoms with E-state index < -0.39 is 0 Å². The zero-order valence-corrected chi connectivity index (χ0v) is 15.9. The van der Waals surface area contributed by atoms with Crippen LogP contribution in [0.3, 0.4) is 0 Å². The third kappa shape index (κ3) is 4.69. The summed E-state index contributed by atoms with van der Waals surface area (Å²) >= 11 is 0. The van der Waals surface area contributed by atoms with Crippen LogP contribution >= 0.6 is 0 Å². The van der Waals surface area contributed by atoms with Crippen molar-refractivity contribution in [2.45, 2.75) is 52.6 Å². The summed E-state index contributed by atoms with van der Waals surface area (Å²) in [6.07, 6.45) is 2.72. The van der Waals surface area contributed by atoms with Crippen molar-refractivity contribution in [3.8, 4) is 11.4 Å². The Morgan fingerprint density at radius 1 is 1.38 bits per heavy atom. The van der Waals surface area contributed by atoms with Gasteiger partial charge >= 0.3 is 0 Å². The van der Waals surface area contributed by atoms with E-state index in [4.69, 9.17) is 4.52 Å². The summed E-state index contributed by atoms with van der Waals surface area (Å²) < 4.78 is 5.42. The lowest BCUT2D eigenvalue weighted by Gasteiger charge is -2.30. The smallest absolute Gasteiger partial charge is 0.241 e. The molecule has 0 aliphatic carbocycles. The molecule has 1 fully saturated rings. The largest absolute Gasteiger partial charge is 0.353 e. The van der Waals surface area contributed by atoms with Crippen LogP contribution in [0.25, 0.3) is 11.4 Å². The Hall–Kier alpha value is -2.21. The van der Waals surface area contributed by atoms with Crippen LogP contribution in [0.1, 0.15) is 44.6 Å². The molecule has 6 heteroatoms. The van der Waals surface area contributed by atoms with Gasteiger partial charge in [0.1, 0.15) is 0 Å². The molecule has 1 aliphatic heterocycles. The van der Waals surface area contributed by atoms with Gasteiger partial charge in [0, 0.05) is 17.5 Å². The lowest BCUT2D eigenvalue weighted by Crippen LogP contribution is -2.42. The standard InChI is InChI=1S/C20H28N4O2/c1-4-15(3)21-20(25)16-8-10-24(11-9-16)13-18-22-19(23-26-18)17-7-5-6-14(2)12-17/h5-7,12,15-16H,4,8-11,13H2,1-3H3,(H,21,25). The summed E-state index contributed by atoms with van der Waals surface area (Å²) in [4.78, 5) is 19.0. The Labute approximate surface area is 155 Å². The van der Waals surface area contributed by atoms with Crippen molar-refractivity contribution in [3.05, 3.63) is 35.7 Å². The molecule has 0 bridgehead atoms. The maximum absolute atomic E-state index is 12.2. The predicted molar refractivity (Wildman–Crippen MR) is 100 cm³/mol. The summed E-state index contributed by atoms with van der Waals surface area (Å²) in [6, 6.07) is 8.33. The van der Waals surface area contributed by atoms with E-state index in [-0.39, 0.29) is 17.9 Å². The number of rotatable bonds is 6. The fourth-order valence-electron chi connectivity index (χ4n) is 3.23. The molecule has 1 atom stereocenters. The zero-order chi connectivity index (χ0) is 18.5. The lowest BCUT2D eigenvalue weighted by atomic mass is 9.95. The van der Waals surface area contributed by atoms with Crippen molar-refractivity contribution >= 4 is 5.91 Å². The molecule has 0 spiro atoms. The van der Waals surface area contributed by atoms with Crippen LogP contribution in [0.2, 0.25) is 0 Å². The normalized spacial score (nSPS) is 17.2. The molecule has 1 aromatic carbocycles. The van der Waals surface area contributed by atoms with Crippen molar-refractivity contribution in [2.75, 3.05) is 13.1 Å². The minimum absolute atomic E-state index is 0.116. The van der Waals surface area contributed by atoms with Gasteiger partial charge in [0.25, 0.3) is 0 Å². The van der Waals surface area contributed by atoms with Crippen LogP contribution < -0.4 is 5.32 Å². The molecule has 1 aliphatic rings. The van der Waals surface area contributed by atoms with Crippen molar-refractivity contribution in [1.82, 2.24) is 20.4 Å². The molecule has 1 unspecified atom stereocenters. The molecule has 1 aromatic heterocycles. The molecule has 6 nitrogen and oxygen atoms in total. The minimum atomic E-state index is 0.116. The van der Waals surface area contributed by atoms with Gasteiger partial charge < -0.3 is 9.84 Å². The zero-order valence-electron chi connectivity index (χ0n) is 15.9. The van der Waals surface area contributed by atoms with Crippen LogP contribution in [0, 0.1) is 12.8 Å². The molecule has 26 heavy (non-hydrogen) atoms. The number of amides is 1. The topological polar surface area (TPSA) is 71.3 Å². The first-order valence-corrected chi connectivity index (χ1v) is 9.47. The van der Waals surface area contributed by atoms with Gasteiger partial charge in [-0.2, -0.15) is 4.98 Å². The molecule has 0 saturated carbocycles. The van der Waals surface area contributed by atoms with Gasteiger partial charge in [-0.3, -0.25) is 9.69 Å². The van der Waals surface area contributed by atoms with E-state index in [9.17, 15) is 4.79 Å². The van der Waals surface area contributed by atoms with E-state index in [1.165, 1.54) is 5.56 Å². The predicted octanol–water partition coefficient (Wildman–Crippen LogP) is 3.17. The number of piperidine rings is 1. The maximum Gasteiger partial charge on any atom is 0.241 e. The van der Waals surface area contributed by atoms with Crippen LogP contribution in [-0.2, 0) is 11.3 Å². The second-order valence-corrected chi connectivity index (χ2v) is 7.25. The summed E-state index contributed by atoms with van der Waals surface area (Å²) in [6.45, 7) is 8.57. The van der Waals surface area contributed by atoms with Gasteiger partial charge in [-0.25, -0.2) is 0 Å². The highest BCUT2D eigenvalue weighted by molar-refractivity contribution is 5.79. The molecule has 140 valence electrons. The Morgan fingerprint density at radius 2 is 2.15 bits per heavy atom. The number of aromatic nitrogens is 2. The number of nitrogens with zero attached hydrogens (tertiary/aromatic N) is 3. The molecule has 2 aromatic rings. The van der Waals surface area contributed by atoms with Gasteiger partial charge in [0.15, 0.2) is 0 Å². The van der Waals surface area contributed by atoms with Crippen LogP contribution in [0.15, 0.2) is 28.8 Å². The highest BCUT2D eigenvalue weighted by Crippen LogP contribution is 2.21. The summed E-state index contributed by atoms with van der Waals surface area (Å²) in [5.74, 6) is 1.57. The number of aryl methyl sites for hydroxylation is 1. The maximum atomic E-state index is 12.2. The Kier molecular flexibility index (Phi) is 6.04. The van der Waals surface area contributed by atoms with Crippen LogP contribution in [0.5, 0.6) is 0 Å². The van der Waals surface area contributed by atoms with Crippen molar-refractivity contribution in [3.63, 3.8) is 0 Å². The van der Waals surface area contributed by atoms with Gasteiger partial charge in [-0.1, -0.05) is 35.8 Å². The van der Waals surface area contributed by atoms with Gasteiger partial charge in [-0.15, -0.1) is 0 Å². The van der Waals surface area contributed by atoms with Crippen molar-refractivity contribution in [2.24, 2.45) is 5.92 Å². The first-order valence-electron chi connectivity index (χ1n) is 9.47. The Morgan fingerprint density at radius 3 is 2.85 bits per heavy atom. The quantitative estimate of drug-likeness (QED) is 0.861. The van der Waals surface area contributed by atoms with Crippen molar-refractivity contribution in [1.29, 1.82) is 0 Å². The monoisotopic (exact) mass is 356 g/mol. The van der Waals surface area contributed by atoms with Crippen LogP contribution in [0.4, 0.5) is 0 Å². The summed E-state index contributed by atoms with van der Waals surface area (Å²) in [5, 5.41) is 7.19. The van der Waals surface area contributed by atoms with Crippen molar-refractivity contribution < 1.29 is 9.32 Å². The molecule has 2 heterocycles. The number of hydrogen-bond acceptors (Lipinski definition) is 5.